The molecule has 2 fully saturated rings. The van der Waals surface area contributed by atoms with Crippen molar-refractivity contribution in [3.05, 3.63) is 0 Å². The third-order valence-electron chi connectivity index (χ3n) is 4.39. The average molecular weight is 240 g/mol. The number of hydrogen-bond acceptors (Lipinski definition) is 3. The van der Waals surface area contributed by atoms with Gasteiger partial charge in [-0.3, -0.25) is 4.90 Å². The molecular formula is C14H28N2O. The van der Waals surface area contributed by atoms with Crippen LogP contribution in [0.2, 0.25) is 0 Å². The van der Waals surface area contributed by atoms with E-state index in [1.54, 1.807) is 7.11 Å². The highest BCUT2D eigenvalue weighted by Crippen LogP contribution is 2.35. The molecule has 0 radical (unpaired) electrons. The van der Waals surface area contributed by atoms with E-state index < -0.39 is 0 Å². The Labute approximate surface area is 106 Å². The molecule has 0 spiro atoms. The molecule has 0 amide bonds. The lowest BCUT2D eigenvalue weighted by molar-refractivity contribution is 0.110. The molecule has 2 unspecified atom stereocenters. The van der Waals surface area contributed by atoms with Gasteiger partial charge in [-0.2, -0.15) is 0 Å². The lowest BCUT2D eigenvalue weighted by atomic mass is 9.97. The van der Waals surface area contributed by atoms with E-state index in [4.69, 9.17) is 4.74 Å². The minimum Gasteiger partial charge on any atom is -0.385 e. The fourth-order valence-electron chi connectivity index (χ4n) is 3.64. The molecule has 2 saturated heterocycles. The van der Waals surface area contributed by atoms with Gasteiger partial charge in [-0.25, -0.2) is 0 Å². The molecule has 17 heavy (non-hydrogen) atoms. The van der Waals surface area contributed by atoms with E-state index in [1.165, 1.54) is 45.1 Å². The predicted octanol–water partition coefficient (Wildman–Crippen LogP) is 2.02. The Balaban J connectivity index is 1.74. The second-order valence-corrected chi connectivity index (χ2v) is 5.55. The second kappa shape index (κ2) is 6.72. The first-order valence-electron chi connectivity index (χ1n) is 7.33. The summed E-state index contributed by atoms with van der Waals surface area (Å²) in [4.78, 5) is 2.78. The molecule has 2 atom stereocenters. The van der Waals surface area contributed by atoms with Gasteiger partial charge in [0.15, 0.2) is 0 Å². The van der Waals surface area contributed by atoms with Gasteiger partial charge >= 0.3 is 0 Å². The fourth-order valence-corrected chi connectivity index (χ4v) is 3.64. The Hall–Kier alpha value is -0.120. The van der Waals surface area contributed by atoms with Crippen molar-refractivity contribution in [1.29, 1.82) is 0 Å². The second-order valence-electron chi connectivity index (χ2n) is 5.55. The molecule has 0 aromatic heterocycles. The molecule has 2 heterocycles. The summed E-state index contributed by atoms with van der Waals surface area (Å²) in [5.41, 5.74) is 0. The van der Waals surface area contributed by atoms with Gasteiger partial charge in [0.1, 0.15) is 0 Å². The van der Waals surface area contributed by atoms with Crippen molar-refractivity contribution in [2.24, 2.45) is 0 Å². The van der Waals surface area contributed by atoms with Crippen molar-refractivity contribution >= 4 is 0 Å². The number of nitrogens with one attached hydrogen (secondary N) is 1. The van der Waals surface area contributed by atoms with Crippen molar-refractivity contribution in [3.8, 4) is 0 Å². The van der Waals surface area contributed by atoms with Crippen LogP contribution in [0, 0.1) is 0 Å². The van der Waals surface area contributed by atoms with Gasteiger partial charge < -0.3 is 10.1 Å². The molecule has 2 bridgehead atoms. The zero-order chi connectivity index (χ0) is 12.1. The van der Waals surface area contributed by atoms with Crippen molar-refractivity contribution < 1.29 is 4.74 Å². The Morgan fingerprint density at radius 3 is 2.47 bits per heavy atom. The first-order valence-corrected chi connectivity index (χ1v) is 7.33. The SMILES string of the molecule is CCNC1CC2CCC(C1)N2CCCCOC. The summed E-state index contributed by atoms with van der Waals surface area (Å²) in [7, 11) is 1.80. The maximum absolute atomic E-state index is 5.12. The third-order valence-corrected chi connectivity index (χ3v) is 4.39. The first kappa shape index (κ1) is 13.3. The number of hydrogen-bond donors (Lipinski definition) is 1. The smallest absolute Gasteiger partial charge is 0.0462 e. The molecule has 3 nitrogen and oxygen atoms in total. The van der Waals surface area contributed by atoms with Crippen LogP contribution < -0.4 is 5.32 Å². The van der Waals surface area contributed by atoms with E-state index in [0.29, 0.717) is 0 Å². The van der Waals surface area contributed by atoms with E-state index >= 15 is 0 Å². The highest BCUT2D eigenvalue weighted by molar-refractivity contribution is 4.97. The number of nitrogens with zero attached hydrogens (tertiary/aromatic N) is 1. The molecule has 2 aliphatic rings. The molecular weight excluding hydrogens is 212 g/mol. The zero-order valence-corrected chi connectivity index (χ0v) is 11.5. The van der Waals surface area contributed by atoms with Crippen LogP contribution in [0.15, 0.2) is 0 Å². The lowest BCUT2D eigenvalue weighted by Crippen LogP contribution is -2.49. The first-order chi connectivity index (χ1) is 8.35. The molecule has 1 N–H and O–H groups in total. The Kier molecular flexibility index (Phi) is 5.26. The van der Waals surface area contributed by atoms with Crippen molar-refractivity contribution in [3.63, 3.8) is 0 Å². The van der Waals surface area contributed by atoms with Crippen molar-refractivity contribution in [2.45, 2.75) is 63.6 Å². The summed E-state index contributed by atoms with van der Waals surface area (Å²) >= 11 is 0. The number of unbranched alkanes of at least 4 members (excludes halogenated alkanes) is 1. The van der Waals surface area contributed by atoms with Crippen LogP contribution in [0.1, 0.15) is 45.4 Å². The maximum atomic E-state index is 5.12. The van der Waals surface area contributed by atoms with Crippen molar-refractivity contribution in [1.82, 2.24) is 10.2 Å². The zero-order valence-electron chi connectivity index (χ0n) is 11.5. The van der Waals surface area contributed by atoms with E-state index in [1.807, 2.05) is 0 Å². The van der Waals surface area contributed by atoms with Crippen LogP contribution in [0.5, 0.6) is 0 Å². The fraction of sp³-hybridized carbons (Fsp3) is 1.00. The predicted molar refractivity (Wildman–Crippen MR) is 71.3 cm³/mol. The van der Waals surface area contributed by atoms with E-state index in [9.17, 15) is 0 Å². The summed E-state index contributed by atoms with van der Waals surface area (Å²) in [5.74, 6) is 0. The molecule has 0 aromatic carbocycles. The molecule has 2 aliphatic heterocycles. The van der Waals surface area contributed by atoms with Crippen LogP contribution in [0.3, 0.4) is 0 Å². The Morgan fingerprint density at radius 1 is 1.18 bits per heavy atom. The quantitative estimate of drug-likeness (QED) is 0.689. The summed E-state index contributed by atoms with van der Waals surface area (Å²) in [6, 6.07) is 2.51. The van der Waals surface area contributed by atoms with E-state index in [0.717, 1.165) is 31.3 Å². The Morgan fingerprint density at radius 2 is 1.88 bits per heavy atom. The van der Waals surface area contributed by atoms with Gasteiger partial charge in [0.25, 0.3) is 0 Å². The lowest BCUT2D eigenvalue weighted by Gasteiger charge is -2.39. The van der Waals surface area contributed by atoms with Crippen molar-refractivity contribution in [2.75, 3.05) is 26.8 Å². The number of piperidine rings is 1. The standard InChI is InChI=1S/C14H28N2O/c1-3-15-12-10-13-6-7-14(11-12)16(13)8-4-5-9-17-2/h12-15H,3-11H2,1-2H3. The summed E-state index contributed by atoms with van der Waals surface area (Å²) < 4.78 is 5.12. The summed E-state index contributed by atoms with van der Waals surface area (Å²) in [5, 5.41) is 3.64. The molecule has 2 rings (SSSR count). The minimum atomic E-state index is 0.785. The van der Waals surface area contributed by atoms with Gasteiger partial charge in [-0.05, 0) is 51.6 Å². The number of ether oxygens (including phenoxy) is 1. The van der Waals surface area contributed by atoms with Gasteiger partial charge in [-0.15, -0.1) is 0 Å². The molecule has 3 heteroatoms. The van der Waals surface area contributed by atoms with Gasteiger partial charge in [0.2, 0.25) is 0 Å². The highest BCUT2D eigenvalue weighted by atomic mass is 16.5. The topological polar surface area (TPSA) is 24.5 Å². The van der Waals surface area contributed by atoms with E-state index in [2.05, 4.69) is 17.1 Å². The summed E-state index contributed by atoms with van der Waals surface area (Å²) in [6.45, 7) is 5.55. The third kappa shape index (κ3) is 3.43. The van der Waals surface area contributed by atoms with Crippen LogP contribution in [0.25, 0.3) is 0 Å². The monoisotopic (exact) mass is 240 g/mol. The maximum Gasteiger partial charge on any atom is 0.0462 e. The van der Waals surface area contributed by atoms with E-state index in [-0.39, 0.29) is 0 Å². The number of rotatable bonds is 7. The highest BCUT2D eigenvalue weighted by Gasteiger charge is 2.39. The number of methoxy groups -OCH3 is 1. The van der Waals surface area contributed by atoms with Gasteiger partial charge in [0, 0.05) is 31.8 Å². The molecule has 0 saturated carbocycles. The summed E-state index contributed by atoms with van der Waals surface area (Å²) in [6.07, 6.45) is 8.10. The van der Waals surface area contributed by atoms with Crippen LogP contribution in [-0.2, 0) is 4.74 Å². The minimum absolute atomic E-state index is 0.785. The molecule has 0 aromatic rings. The van der Waals surface area contributed by atoms with Crippen LogP contribution >= 0.6 is 0 Å². The largest absolute Gasteiger partial charge is 0.385 e. The van der Waals surface area contributed by atoms with Gasteiger partial charge in [0.05, 0.1) is 0 Å². The average Bonchev–Trinajstić information content (AvgIpc) is 2.57. The molecule has 100 valence electrons. The normalized spacial score (nSPS) is 33.2. The Bertz CT molecular complexity index is 208. The van der Waals surface area contributed by atoms with Crippen LogP contribution in [-0.4, -0.2) is 49.8 Å². The number of fused-ring (bicyclic) bond motifs is 2. The van der Waals surface area contributed by atoms with Crippen LogP contribution in [0.4, 0.5) is 0 Å². The molecule has 0 aliphatic carbocycles. The van der Waals surface area contributed by atoms with Gasteiger partial charge in [-0.1, -0.05) is 6.92 Å².